The van der Waals surface area contributed by atoms with Crippen molar-refractivity contribution in [3.63, 3.8) is 0 Å². The fraction of sp³-hybridized carbons (Fsp3) is 0. The second-order valence-electron chi connectivity index (χ2n) is 0. The van der Waals surface area contributed by atoms with Crippen LogP contribution in [0.25, 0.3) is 0 Å². The Balaban J connectivity index is 0. The molecule has 0 aromatic heterocycles. The Morgan fingerprint density at radius 2 is 1.00 bits per heavy atom. The van der Waals surface area contributed by atoms with E-state index >= 15 is 0 Å². The molecule has 16 valence electrons. The Kier molecular flexibility index (Phi) is 308. The van der Waals surface area contributed by atoms with Crippen molar-refractivity contribution in [2.45, 2.75) is 0 Å². The summed E-state index contributed by atoms with van der Waals surface area (Å²) in [6.07, 6.45) is 0. The standard InChI is InChI=1S/FH.Li.Na.H2O/h1H;;;1H2/q;2*+1;/p-2. The normalized spacial score (nSPS) is 0. The monoisotopic (exact) mass is 66.0 g/mol. The zero-order valence-electron chi connectivity index (χ0n) is 2.83. The van der Waals surface area contributed by atoms with Gasteiger partial charge in [-0.2, -0.15) is 0 Å². The third kappa shape index (κ3) is 9.75. The van der Waals surface area contributed by atoms with E-state index in [0.717, 1.165) is 0 Å². The smallest absolute Gasteiger partial charge is 1.00 e. The maximum absolute atomic E-state index is 0. The molecule has 0 rings (SSSR count). The molecule has 0 atom stereocenters. The van der Waals surface area contributed by atoms with E-state index < -0.39 is 0 Å². The van der Waals surface area contributed by atoms with Gasteiger partial charge in [0.1, 0.15) is 0 Å². The number of hydrogen-bond donors (Lipinski definition) is 0. The summed E-state index contributed by atoms with van der Waals surface area (Å²) in [6, 6.07) is 0. The van der Waals surface area contributed by atoms with Crippen LogP contribution < -0.4 is 53.1 Å². The van der Waals surface area contributed by atoms with Gasteiger partial charge < -0.3 is 10.2 Å². The van der Waals surface area contributed by atoms with Crippen molar-refractivity contribution in [1.82, 2.24) is 0 Å². The number of rotatable bonds is 0. The number of halogens is 1. The van der Waals surface area contributed by atoms with Crippen LogP contribution in [0.1, 0.15) is 0 Å². The minimum atomic E-state index is 0. The molecule has 0 heterocycles. The largest absolute Gasteiger partial charge is 1.00 e. The van der Waals surface area contributed by atoms with E-state index in [1.165, 1.54) is 0 Å². The van der Waals surface area contributed by atoms with Crippen molar-refractivity contribution in [2.24, 2.45) is 0 Å². The summed E-state index contributed by atoms with van der Waals surface area (Å²) in [5.74, 6) is 0. The van der Waals surface area contributed by atoms with E-state index in [-0.39, 0.29) is 58.6 Å². The topological polar surface area (TPSA) is 30.0 Å². The molecule has 1 nitrogen and oxygen atoms in total. The molecule has 0 amide bonds. The molecule has 0 bridgehead atoms. The van der Waals surface area contributed by atoms with Crippen LogP contribution in [0.4, 0.5) is 0 Å². The van der Waals surface area contributed by atoms with E-state index in [1.54, 1.807) is 0 Å². The van der Waals surface area contributed by atoms with Gasteiger partial charge in [-0.1, -0.05) is 0 Å². The van der Waals surface area contributed by atoms with E-state index in [4.69, 9.17) is 0 Å². The van der Waals surface area contributed by atoms with Crippen molar-refractivity contribution >= 4 is 0 Å². The van der Waals surface area contributed by atoms with Crippen LogP contribution in [-0.2, 0) is 0 Å². The van der Waals surface area contributed by atoms with E-state index in [1.807, 2.05) is 0 Å². The fourth-order valence-corrected chi connectivity index (χ4v) is 0. The van der Waals surface area contributed by atoms with Crippen molar-refractivity contribution in [2.75, 3.05) is 0 Å². The second kappa shape index (κ2) is 24.7. The third-order valence-corrected chi connectivity index (χ3v) is 0. The predicted octanol–water partition coefficient (Wildman–Crippen LogP) is -9.16. The molecule has 0 aromatic carbocycles. The number of hydrogen-bond acceptors (Lipinski definition) is 1. The molecule has 4 heavy (non-hydrogen) atoms. The van der Waals surface area contributed by atoms with Gasteiger partial charge in [0.05, 0.1) is 0 Å². The SMILES string of the molecule is [F-].[Li+].[Na+].[OH-]. The molecule has 0 unspecified atom stereocenters. The van der Waals surface area contributed by atoms with Crippen LogP contribution in [0, 0.1) is 0 Å². The van der Waals surface area contributed by atoms with Gasteiger partial charge in [-0.3, -0.25) is 0 Å². The summed E-state index contributed by atoms with van der Waals surface area (Å²) in [5.41, 5.74) is 0. The Labute approximate surface area is 58.3 Å². The van der Waals surface area contributed by atoms with Gasteiger partial charge in [0.15, 0.2) is 0 Å². The first-order chi connectivity index (χ1) is 0. The second-order valence-corrected chi connectivity index (χ2v) is 0. The molecule has 1 N–H and O–H groups in total. The van der Waals surface area contributed by atoms with Crippen molar-refractivity contribution in [1.29, 1.82) is 0 Å². The molecule has 0 saturated carbocycles. The zero-order chi connectivity index (χ0) is 0. The van der Waals surface area contributed by atoms with Crippen LogP contribution in [0.5, 0.6) is 0 Å². The fourth-order valence-electron chi connectivity index (χ4n) is 0. The molecular weight excluding hydrogens is 64.9 g/mol. The molecule has 0 aromatic rings. The molecule has 0 aliphatic rings. The molecule has 0 saturated heterocycles. The molecule has 0 spiro atoms. The Morgan fingerprint density at radius 3 is 1.00 bits per heavy atom. The van der Waals surface area contributed by atoms with Gasteiger partial charge in [0.2, 0.25) is 0 Å². The van der Waals surface area contributed by atoms with Crippen LogP contribution in [0.3, 0.4) is 0 Å². The summed E-state index contributed by atoms with van der Waals surface area (Å²) < 4.78 is 0. The Bertz CT molecular complexity index is 8.00. The summed E-state index contributed by atoms with van der Waals surface area (Å²) >= 11 is 0. The first-order valence-electron chi connectivity index (χ1n) is 0. The van der Waals surface area contributed by atoms with Crippen molar-refractivity contribution < 1.29 is 58.6 Å². The van der Waals surface area contributed by atoms with Gasteiger partial charge in [-0.25, -0.2) is 0 Å². The van der Waals surface area contributed by atoms with E-state index in [0.29, 0.717) is 0 Å². The zero-order valence-corrected chi connectivity index (χ0v) is 4.83. The Hall–Kier alpha value is 1.49. The summed E-state index contributed by atoms with van der Waals surface area (Å²) in [6.45, 7) is 0. The van der Waals surface area contributed by atoms with Gasteiger partial charge >= 0.3 is 48.4 Å². The van der Waals surface area contributed by atoms with E-state index in [9.17, 15) is 0 Å². The predicted molar refractivity (Wildman–Crippen MR) is 1.94 cm³/mol. The van der Waals surface area contributed by atoms with Gasteiger partial charge in [0, 0.05) is 0 Å². The maximum Gasteiger partial charge on any atom is 1.00 e. The van der Waals surface area contributed by atoms with Crippen LogP contribution >= 0.6 is 0 Å². The van der Waals surface area contributed by atoms with Gasteiger partial charge in [-0.05, 0) is 0 Å². The third-order valence-electron chi connectivity index (χ3n) is 0. The summed E-state index contributed by atoms with van der Waals surface area (Å²) in [4.78, 5) is 0. The van der Waals surface area contributed by atoms with Crippen molar-refractivity contribution in [3.05, 3.63) is 0 Å². The quantitative estimate of drug-likeness (QED) is 0.258. The molecular formula is HFLiNaO. The Morgan fingerprint density at radius 1 is 1.00 bits per heavy atom. The summed E-state index contributed by atoms with van der Waals surface area (Å²) in [7, 11) is 0. The van der Waals surface area contributed by atoms with Crippen LogP contribution in [0.15, 0.2) is 0 Å². The molecule has 0 fully saturated rings. The van der Waals surface area contributed by atoms with Crippen LogP contribution in [0.2, 0.25) is 0 Å². The molecule has 0 aliphatic heterocycles. The first-order valence-corrected chi connectivity index (χ1v) is 0. The van der Waals surface area contributed by atoms with Crippen molar-refractivity contribution in [3.8, 4) is 0 Å². The maximum atomic E-state index is 0. The average Bonchev–Trinajstić information content (AvgIpc) is 0. The van der Waals surface area contributed by atoms with Crippen LogP contribution in [-0.4, -0.2) is 5.48 Å². The molecule has 0 radical (unpaired) electrons. The molecule has 4 heteroatoms. The average molecular weight is 65.9 g/mol. The first kappa shape index (κ1) is 49.9. The van der Waals surface area contributed by atoms with E-state index in [2.05, 4.69) is 0 Å². The van der Waals surface area contributed by atoms with Gasteiger partial charge in [-0.15, -0.1) is 0 Å². The van der Waals surface area contributed by atoms with Gasteiger partial charge in [0.25, 0.3) is 0 Å². The minimum absolute atomic E-state index is 0. The summed E-state index contributed by atoms with van der Waals surface area (Å²) in [5, 5.41) is 0. The minimum Gasteiger partial charge on any atom is -1.00 e. The molecule has 0 aliphatic carbocycles.